The molecule has 120 valence electrons. The van der Waals surface area contributed by atoms with Gasteiger partial charge in [0.15, 0.2) is 0 Å². The molecule has 0 aliphatic heterocycles. The minimum Gasteiger partial charge on any atom is -0.300 e. The van der Waals surface area contributed by atoms with Crippen LogP contribution < -0.4 is 0 Å². The Morgan fingerprint density at radius 2 is 1.33 bits per heavy atom. The van der Waals surface area contributed by atoms with Crippen molar-refractivity contribution in [2.45, 2.75) is 85.0 Å². The van der Waals surface area contributed by atoms with E-state index >= 15 is 0 Å². The molecule has 0 aliphatic rings. The second-order valence-electron chi connectivity index (χ2n) is 5.84. The highest BCUT2D eigenvalue weighted by Gasteiger charge is 1.95. The Balaban J connectivity index is 3.47. The zero-order chi connectivity index (χ0) is 15.8. The van der Waals surface area contributed by atoms with Crippen molar-refractivity contribution in [3.05, 3.63) is 36.0 Å². The third kappa shape index (κ3) is 16.8. The molecule has 0 radical (unpaired) electrons. The molecule has 0 atom stereocenters. The molecule has 0 amide bonds. The van der Waals surface area contributed by atoms with E-state index in [1.807, 2.05) is 0 Å². The minimum absolute atomic E-state index is 0.326. The molecular weight excluding hydrogens is 256 g/mol. The van der Waals surface area contributed by atoms with E-state index in [1.165, 1.54) is 37.7 Å². The summed E-state index contributed by atoms with van der Waals surface area (Å²) in [6.45, 7) is 6.08. The van der Waals surface area contributed by atoms with E-state index in [1.54, 1.807) is 6.92 Å². The van der Waals surface area contributed by atoms with Gasteiger partial charge in [0, 0.05) is 6.42 Å². The van der Waals surface area contributed by atoms with Gasteiger partial charge in [-0.1, -0.05) is 62.1 Å². The van der Waals surface area contributed by atoms with Gasteiger partial charge in [0.1, 0.15) is 5.78 Å². The molecule has 0 heterocycles. The zero-order valence-corrected chi connectivity index (χ0v) is 14.4. The molecule has 1 heteroatoms. The van der Waals surface area contributed by atoms with E-state index in [-0.39, 0.29) is 0 Å². The number of ketones is 1. The molecule has 0 unspecified atom stereocenters. The Bertz CT molecular complexity index is 334. The standard InChI is InChI=1S/C20H34O/c1-4-5-6-7-8-10-13-16-19(2)17-14-11-9-12-15-18-20(3)21/h5-6,8,10,16H,4,7,9,11-15,17-18H2,1-3H3/b6-5-,10-8-,19-16-. The quantitative estimate of drug-likeness (QED) is 0.277. The van der Waals surface area contributed by atoms with Crippen LogP contribution in [0.3, 0.4) is 0 Å². The molecule has 21 heavy (non-hydrogen) atoms. The molecule has 0 bridgehead atoms. The number of carbonyl (C=O) groups excluding carboxylic acids is 1. The lowest BCUT2D eigenvalue weighted by Crippen LogP contribution is -1.89. The number of hydrogen-bond donors (Lipinski definition) is 0. The van der Waals surface area contributed by atoms with Gasteiger partial charge in [0.25, 0.3) is 0 Å². The van der Waals surface area contributed by atoms with Crippen LogP contribution in [0.15, 0.2) is 36.0 Å². The highest BCUT2D eigenvalue weighted by atomic mass is 16.1. The van der Waals surface area contributed by atoms with Crippen molar-refractivity contribution in [1.29, 1.82) is 0 Å². The van der Waals surface area contributed by atoms with E-state index < -0.39 is 0 Å². The average molecular weight is 290 g/mol. The summed E-state index contributed by atoms with van der Waals surface area (Å²) >= 11 is 0. The topological polar surface area (TPSA) is 17.1 Å². The maximum atomic E-state index is 10.8. The molecular formula is C20H34O. The molecule has 0 N–H and O–H groups in total. The summed E-state index contributed by atoms with van der Waals surface area (Å²) in [4.78, 5) is 10.8. The van der Waals surface area contributed by atoms with Crippen LogP contribution in [0.25, 0.3) is 0 Å². The summed E-state index contributed by atoms with van der Waals surface area (Å²) in [6, 6.07) is 0. The monoisotopic (exact) mass is 290 g/mol. The van der Waals surface area contributed by atoms with Crippen molar-refractivity contribution in [3.63, 3.8) is 0 Å². The maximum Gasteiger partial charge on any atom is 0.129 e. The number of Topliss-reactive ketones (excluding diaryl/α,β-unsaturated/α-hetero) is 1. The van der Waals surface area contributed by atoms with Crippen LogP contribution in [0.2, 0.25) is 0 Å². The van der Waals surface area contributed by atoms with Gasteiger partial charge >= 0.3 is 0 Å². The summed E-state index contributed by atoms with van der Waals surface area (Å²) < 4.78 is 0. The smallest absolute Gasteiger partial charge is 0.129 e. The SMILES string of the molecule is CC/C=C\C/C=C\C/C=C(/C)CCCCCCCC(C)=O. The van der Waals surface area contributed by atoms with Crippen molar-refractivity contribution in [3.8, 4) is 0 Å². The third-order valence-corrected chi connectivity index (χ3v) is 3.54. The van der Waals surface area contributed by atoms with Crippen LogP contribution in [0.4, 0.5) is 0 Å². The van der Waals surface area contributed by atoms with Gasteiger partial charge in [-0.05, 0) is 52.4 Å². The lowest BCUT2D eigenvalue weighted by molar-refractivity contribution is -0.117. The van der Waals surface area contributed by atoms with Crippen molar-refractivity contribution in [2.24, 2.45) is 0 Å². The molecule has 0 rings (SSSR count). The Labute approximate surface area is 132 Å². The number of unbranched alkanes of at least 4 members (excludes halogenated alkanes) is 4. The molecule has 0 saturated carbocycles. The Morgan fingerprint density at radius 3 is 2.00 bits per heavy atom. The van der Waals surface area contributed by atoms with Gasteiger partial charge in [-0.15, -0.1) is 0 Å². The Morgan fingerprint density at radius 1 is 0.762 bits per heavy atom. The summed E-state index contributed by atoms with van der Waals surface area (Å²) in [5.74, 6) is 0.326. The second kappa shape index (κ2) is 15.3. The first-order valence-corrected chi connectivity index (χ1v) is 8.61. The van der Waals surface area contributed by atoms with Gasteiger partial charge in [0.2, 0.25) is 0 Å². The lowest BCUT2D eigenvalue weighted by Gasteiger charge is -2.02. The predicted octanol–water partition coefficient (Wildman–Crippen LogP) is 6.56. The highest BCUT2D eigenvalue weighted by Crippen LogP contribution is 2.12. The molecule has 0 saturated heterocycles. The summed E-state index contributed by atoms with van der Waals surface area (Å²) in [5.41, 5.74) is 1.51. The molecule has 0 aromatic heterocycles. The zero-order valence-electron chi connectivity index (χ0n) is 14.4. The van der Waals surface area contributed by atoms with Crippen LogP contribution in [-0.4, -0.2) is 5.78 Å². The van der Waals surface area contributed by atoms with Crippen molar-refractivity contribution >= 4 is 5.78 Å². The first-order chi connectivity index (χ1) is 10.2. The number of hydrogen-bond acceptors (Lipinski definition) is 1. The van der Waals surface area contributed by atoms with Gasteiger partial charge < -0.3 is 4.79 Å². The van der Waals surface area contributed by atoms with Gasteiger partial charge in [-0.3, -0.25) is 0 Å². The summed E-state index contributed by atoms with van der Waals surface area (Å²) in [5, 5.41) is 0. The number of allylic oxidation sites excluding steroid dienone is 6. The first kappa shape index (κ1) is 19.9. The van der Waals surface area contributed by atoms with E-state index in [2.05, 4.69) is 44.2 Å². The fourth-order valence-corrected chi connectivity index (χ4v) is 2.21. The van der Waals surface area contributed by atoms with Crippen molar-refractivity contribution in [1.82, 2.24) is 0 Å². The van der Waals surface area contributed by atoms with Crippen LogP contribution in [0.1, 0.15) is 85.0 Å². The van der Waals surface area contributed by atoms with Crippen molar-refractivity contribution < 1.29 is 4.79 Å². The molecule has 0 spiro atoms. The van der Waals surface area contributed by atoms with Crippen LogP contribution >= 0.6 is 0 Å². The fourth-order valence-electron chi connectivity index (χ4n) is 2.21. The molecule has 0 aromatic rings. The third-order valence-electron chi connectivity index (χ3n) is 3.54. The lowest BCUT2D eigenvalue weighted by atomic mass is 10.0. The number of rotatable bonds is 13. The van der Waals surface area contributed by atoms with E-state index in [0.29, 0.717) is 5.78 Å². The second-order valence-corrected chi connectivity index (χ2v) is 5.84. The Kier molecular flexibility index (Phi) is 14.5. The predicted molar refractivity (Wildman–Crippen MR) is 94.6 cm³/mol. The van der Waals surface area contributed by atoms with Gasteiger partial charge in [-0.2, -0.15) is 0 Å². The minimum atomic E-state index is 0.326. The molecule has 0 aromatic carbocycles. The summed E-state index contributed by atoms with van der Waals surface area (Å²) in [6.07, 6.45) is 22.6. The first-order valence-electron chi connectivity index (χ1n) is 8.61. The van der Waals surface area contributed by atoms with Crippen LogP contribution in [0, 0.1) is 0 Å². The van der Waals surface area contributed by atoms with E-state index in [0.717, 1.165) is 32.1 Å². The molecule has 1 nitrogen and oxygen atoms in total. The largest absolute Gasteiger partial charge is 0.300 e. The summed E-state index contributed by atoms with van der Waals surface area (Å²) in [7, 11) is 0. The molecule has 0 fully saturated rings. The van der Waals surface area contributed by atoms with Crippen LogP contribution in [-0.2, 0) is 4.79 Å². The highest BCUT2D eigenvalue weighted by molar-refractivity contribution is 5.75. The number of carbonyl (C=O) groups is 1. The average Bonchev–Trinajstić information content (AvgIpc) is 2.45. The van der Waals surface area contributed by atoms with Gasteiger partial charge in [-0.25, -0.2) is 0 Å². The maximum absolute atomic E-state index is 10.8. The fraction of sp³-hybridized carbons (Fsp3) is 0.650. The molecule has 0 aliphatic carbocycles. The van der Waals surface area contributed by atoms with E-state index in [9.17, 15) is 4.79 Å². The normalized spacial score (nSPS) is 12.6. The Hall–Kier alpha value is -1.11. The van der Waals surface area contributed by atoms with Crippen LogP contribution in [0.5, 0.6) is 0 Å². The van der Waals surface area contributed by atoms with Crippen molar-refractivity contribution in [2.75, 3.05) is 0 Å². The van der Waals surface area contributed by atoms with Gasteiger partial charge in [0.05, 0.1) is 0 Å². The van der Waals surface area contributed by atoms with E-state index in [4.69, 9.17) is 0 Å².